The standard InChI is InChI=1S/C15H25N5O2/c1-16-8-14-10-20(18-17-14)9-12-2-5-19(6-3-12)15(21)13-4-7-22-11-13/h10,12-13,16H,2-9,11H2,1H3. The molecule has 1 amide bonds. The molecule has 3 heterocycles. The molecular formula is C15H25N5O2. The van der Waals surface area contributed by atoms with E-state index in [1.807, 2.05) is 22.8 Å². The van der Waals surface area contributed by atoms with Crippen molar-refractivity contribution < 1.29 is 9.53 Å². The molecule has 0 aliphatic carbocycles. The lowest BCUT2D eigenvalue weighted by atomic mass is 9.95. The van der Waals surface area contributed by atoms with Crippen LogP contribution < -0.4 is 5.32 Å². The molecule has 2 saturated heterocycles. The van der Waals surface area contributed by atoms with Gasteiger partial charge in [-0.15, -0.1) is 5.10 Å². The van der Waals surface area contributed by atoms with Gasteiger partial charge in [0.25, 0.3) is 0 Å². The molecule has 22 heavy (non-hydrogen) atoms. The molecule has 2 aliphatic rings. The fourth-order valence-corrected chi connectivity index (χ4v) is 3.28. The zero-order valence-corrected chi connectivity index (χ0v) is 13.2. The smallest absolute Gasteiger partial charge is 0.228 e. The highest BCUT2D eigenvalue weighted by molar-refractivity contribution is 5.79. The van der Waals surface area contributed by atoms with E-state index in [0.717, 1.165) is 57.7 Å². The Bertz CT molecular complexity index is 490. The van der Waals surface area contributed by atoms with Crippen molar-refractivity contribution in [2.24, 2.45) is 11.8 Å². The zero-order valence-electron chi connectivity index (χ0n) is 13.2. The molecular weight excluding hydrogens is 282 g/mol. The molecule has 1 atom stereocenters. The van der Waals surface area contributed by atoms with Crippen LogP contribution in [0.5, 0.6) is 0 Å². The number of rotatable bonds is 5. The summed E-state index contributed by atoms with van der Waals surface area (Å²) in [6.45, 7) is 4.69. The minimum Gasteiger partial charge on any atom is -0.381 e. The Kier molecular flexibility index (Phi) is 5.04. The second-order valence-corrected chi connectivity index (χ2v) is 6.29. The second-order valence-electron chi connectivity index (χ2n) is 6.29. The number of carbonyl (C=O) groups is 1. The molecule has 122 valence electrons. The average molecular weight is 307 g/mol. The van der Waals surface area contributed by atoms with Crippen molar-refractivity contribution in [3.05, 3.63) is 11.9 Å². The van der Waals surface area contributed by atoms with Crippen molar-refractivity contribution in [1.82, 2.24) is 25.2 Å². The Labute approximate surface area is 131 Å². The highest BCUT2D eigenvalue weighted by atomic mass is 16.5. The van der Waals surface area contributed by atoms with Gasteiger partial charge in [0.1, 0.15) is 0 Å². The summed E-state index contributed by atoms with van der Waals surface area (Å²) >= 11 is 0. The van der Waals surface area contributed by atoms with Gasteiger partial charge in [-0.3, -0.25) is 9.48 Å². The molecule has 1 aromatic rings. The quantitative estimate of drug-likeness (QED) is 0.845. The summed E-state index contributed by atoms with van der Waals surface area (Å²) in [5.74, 6) is 0.956. The molecule has 0 spiro atoms. The molecule has 1 unspecified atom stereocenters. The van der Waals surface area contributed by atoms with Crippen LogP contribution in [0.25, 0.3) is 0 Å². The van der Waals surface area contributed by atoms with E-state index in [1.165, 1.54) is 0 Å². The molecule has 0 bridgehead atoms. The molecule has 0 aromatic carbocycles. The van der Waals surface area contributed by atoms with Gasteiger partial charge in [0, 0.05) is 39.0 Å². The van der Waals surface area contributed by atoms with Gasteiger partial charge in [0.2, 0.25) is 5.91 Å². The molecule has 2 fully saturated rings. The van der Waals surface area contributed by atoms with Crippen LogP contribution in [0.4, 0.5) is 0 Å². The summed E-state index contributed by atoms with van der Waals surface area (Å²) in [6, 6.07) is 0. The molecule has 1 N–H and O–H groups in total. The van der Waals surface area contributed by atoms with Crippen LogP contribution in [0.15, 0.2) is 6.20 Å². The van der Waals surface area contributed by atoms with Crippen molar-refractivity contribution >= 4 is 5.91 Å². The Morgan fingerprint density at radius 3 is 2.91 bits per heavy atom. The lowest BCUT2D eigenvalue weighted by molar-refractivity contribution is -0.137. The number of nitrogens with zero attached hydrogens (tertiary/aromatic N) is 4. The van der Waals surface area contributed by atoms with Crippen LogP contribution in [0.1, 0.15) is 25.0 Å². The first kappa shape index (κ1) is 15.4. The SMILES string of the molecule is CNCc1cn(CC2CCN(C(=O)C3CCOC3)CC2)nn1. The predicted octanol–water partition coefficient (Wildman–Crippen LogP) is 0.273. The van der Waals surface area contributed by atoms with E-state index >= 15 is 0 Å². The summed E-state index contributed by atoms with van der Waals surface area (Å²) in [4.78, 5) is 14.4. The molecule has 0 radical (unpaired) electrons. The number of hydrogen-bond acceptors (Lipinski definition) is 5. The first-order chi connectivity index (χ1) is 10.8. The Hall–Kier alpha value is -1.47. The van der Waals surface area contributed by atoms with Crippen LogP contribution in [0.2, 0.25) is 0 Å². The lowest BCUT2D eigenvalue weighted by Gasteiger charge is -2.33. The molecule has 1 aromatic heterocycles. The number of aromatic nitrogens is 3. The van der Waals surface area contributed by atoms with Crippen LogP contribution in [-0.4, -0.2) is 59.2 Å². The number of hydrogen-bond donors (Lipinski definition) is 1. The van der Waals surface area contributed by atoms with Crippen LogP contribution in [-0.2, 0) is 22.6 Å². The Morgan fingerprint density at radius 2 is 2.23 bits per heavy atom. The summed E-state index contributed by atoms with van der Waals surface area (Å²) in [5, 5.41) is 11.4. The maximum Gasteiger partial charge on any atom is 0.228 e. The second kappa shape index (κ2) is 7.19. The number of piperidine rings is 1. The van der Waals surface area contributed by atoms with Gasteiger partial charge < -0.3 is 15.0 Å². The average Bonchev–Trinajstić information content (AvgIpc) is 3.20. The summed E-state index contributed by atoms with van der Waals surface area (Å²) in [6.07, 6.45) is 4.97. The summed E-state index contributed by atoms with van der Waals surface area (Å²) in [7, 11) is 1.90. The van der Waals surface area contributed by atoms with E-state index in [4.69, 9.17) is 4.74 Å². The van der Waals surface area contributed by atoms with Crippen molar-refractivity contribution in [2.75, 3.05) is 33.4 Å². The van der Waals surface area contributed by atoms with Gasteiger partial charge in [-0.2, -0.15) is 0 Å². The lowest BCUT2D eigenvalue weighted by Crippen LogP contribution is -2.42. The van der Waals surface area contributed by atoms with Gasteiger partial charge >= 0.3 is 0 Å². The Balaban J connectivity index is 1.45. The number of carbonyl (C=O) groups excluding carboxylic acids is 1. The van der Waals surface area contributed by atoms with Crippen LogP contribution >= 0.6 is 0 Å². The van der Waals surface area contributed by atoms with Gasteiger partial charge in [0.05, 0.1) is 18.2 Å². The maximum atomic E-state index is 12.4. The third kappa shape index (κ3) is 3.64. The van der Waals surface area contributed by atoms with Gasteiger partial charge in [-0.1, -0.05) is 5.21 Å². The fourth-order valence-electron chi connectivity index (χ4n) is 3.28. The summed E-state index contributed by atoms with van der Waals surface area (Å²) < 4.78 is 7.25. The molecule has 7 heteroatoms. The number of ether oxygens (including phenoxy) is 1. The molecule has 3 rings (SSSR count). The topological polar surface area (TPSA) is 72.3 Å². The van der Waals surface area contributed by atoms with E-state index in [1.54, 1.807) is 0 Å². The zero-order chi connectivity index (χ0) is 15.4. The maximum absolute atomic E-state index is 12.4. The van der Waals surface area contributed by atoms with E-state index in [-0.39, 0.29) is 11.8 Å². The first-order valence-corrected chi connectivity index (χ1v) is 8.16. The number of amides is 1. The van der Waals surface area contributed by atoms with E-state index in [2.05, 4.69) is 15.6 Å². The minimum absolute atomic E-state index is 0.0935. The van der Waals surface area contributed by atoms with Crippen molar-refractivity contribution in [2.45, 2.75) is 32.4 Å². The molecule has 2 aliphatic heterocycles. The van der Waals surface area contributed by atoms with E-state index < -0.39 is 0 Å². The highest BCUT2D eigenvalue weighted by Crippen LogP contribution is 2.22. The molecule has 7 nitrogen and oxygen atoms in total. The van der Waals surface area contributed by atoms with Crippen molar-refractivity contribution in [3.8, 4) is 0 Å². The monoisotopic (exact) mass is 307 g/mol. The van der Waals surface area contributed by atoms with E-state index in [9.17, 15) is 4.79 Å². The minimum atomic E-state index is 0.0935. The van der Waals surface area contributed by atoms with Crippen LogP contribution in [0, 0.1) is 11.8 Å². The normalized spacial score (nSPS) is 23.1. The first-order valence-electron chi connectivity index (χ1n) is 8.16. The largest absolute Gasteiger partial charge is 0.381 e. The van der Waals surface area contributed by atoms with E-state index in [0.29, 0.717) is 12.5 Å². The van der Waals surface area contributed by atoms with Gasteiger partial charge in [-0.25, -0.2) is 0 Å². The Morgan fingerprint density at radius 1 is 1.41 bits per heavy atom. The van der Waals surface area contributed by atoms with Crippen molar-refractivity contribution in [3.63, 3.8) is 0 Å². The third-order valence-corrected chi connectivity index (χ3v) is 4.59. The van der Waals surface area contributed by atoms with Crippen LogP contribution in [0.3, 0.4) is 0 Å². The van der Waals surface area contributed by atoms with Crippen molar-refractivity contribution in [1.29, 1.82) is 0 Å². The third-order valence-electron chi connectivity index (χ3n) is 4.59. The summed E-state index contributed by atoms with van der Waals surface area (Å²) in [5.41, 5.74) is 0.969. The van der Waals surface area contributed by atoms with Gasteiger partial charge in [-0.05, 0) is 32.2 Å². The number of likely N-dealkylation sites (tertiary alicyclic amines) is 1. The predicted molar refractivity (Wildman–Crippen MR) is 81.0 cm³/mol. The number of nitrogens with one attached hydrogen (secondary N) is 1. The fraction of sp³-hybridized carbons (Fsp3) is 0.800. The highest BCUT2D eigenvalue weighted by Gasteiger charge is 2.30. The van der Waals surface area contributed by atoms with Gasteiger partial charge in [0.15, 0.2) is 0 Å². The molecule has 0 saturated carbocycles.